The van der Waals surface area contributed by atoms with Crippen LogP contribution in [-0.4, -0.2) is 54.6 Å². The summed E-state index contributed by atoms with van der Waals surface area (Å²) in [4.78, 5) is 13.5. The molecule has 2 rings (SSSR count). The fourth-order valence-electron chi connectivity index (χ4n) is 2.03. The van der Waals surface area contributed by atoms with Crippen LogP contribution in [0.25, 0.3) is 0 Å². The zero-order chi connectivity index (χ0) is 15.3. The first-order valence-electron chi connectivity index (χ1n) is 6.52. The molecule has 8 heteroatoms. The number of sulfonamides is 1. The van der Waals surface area contributed by atoms with Gasteiger partial charge in [-0.25, -0.2) is 13.2 Å². The number of hydrogen-bond donors (Lipinski definition) is 0. The second-order valence-electron chi connectivity index (χ2n) is 4.65. The van der Waals surface area contributed by atoms with Crippen molar-refractivity contribution in [1.29, 1.82) is 0 Å². The van der Waals surface area contributed by atoms with Gasteiger partial charge in [0.05, 0.1) is 0 Å². The molecule has 116 valence electrons. The van der Waals surface area contributed by atoms with E-state index in [9.17, 15) is 13.2 Å². The smallest absolute Gasteiger partial charge is 0.410 e. The lowest BCUT2D eigenvalue weighted by Gasteiger charge is -2.32. The number of hydrogen-bond acceptors (Lipinski definition) is 4. The van der Waals surface area contributed by atoms with E-state index in [1.165, 1.54) is 9.21 Å². The summed E-state index contributed by atoms with van der Waals surface area (Å²) in [6, 6.07) is 9.43. The Labute approximate surface area is 132 Å². The molecule has 0 atom stereocenters. The van der Waals surface area contributed by atoms with Gasteiger partial charge in [0, 0.05) is 26.2 Å². The van der Waals surface area contributed by atoms with Gasteiger partial charge in [-0.05, 0) is 5.56 Å². The van der Waals surface area contributed by atoms with Gasteiger partial charge >= 0.3 is 6.09 Å². The minimum Gasteiger partial charge on any atom is -0.445 e. The summed E-state index contributed by atoms with van der Waals surface area (Å²) < 4.78 is 29.9. The number of rotatable bonds is 4. The van der Waals surface area contributed by atoms with Crippen LogP contribution >= 0.6 is 15.9 Å². The summed E-state index contributed by atoms with van der Waals surface area (Å²) in [5.41, 5.74) is 0.923. The third-order valence-electron chi connectivity index (χ3n) is 3.23. The van der Waals surface area contributed by atoms with Gasteiger partial charge in [-0.1, -0.05) is 46.3 Å². The van der Waals surface area contributed by atoms with E-state index in [0.29, 0.717) is 26.2 Å². The molecule has 6 nitrogen and oxygen atoms in total. The lowest BCUT2D eigenvalue weighted by atomic mass is 10.2. The van der Waals surface area contributed by atoms with Crippen LogP contribution in [0.5, 0.6) is 0 Å². The van der Waals surface area contributed by atoms with Crippen molar-refractivity contribution in [3.8, 4) is 0 Å². The summed E-state index contributed by atoms with van der Waals surface area (Å²) in [5.74, 6) is 0. The second kappa shape index (κ2) is 7.24. The molecule has 1 fully saturated rings. The van der Waals surface area contributed by atoms with Gasteiger partial charge in [-0.3, -0.25) is 0 Å². The van der Waals surface area contributed by atoms with Crippen molar-refractivity contribution < 1.29 is 17.9 Å². The van der Waals surface area contributed by atoms with Crippen LogP contribution in [0.3, 0.4) is 0 Å². The molecule has 21 heavy (non-hydrogen) atoms. The van der Waals surface area contributed by atoms with E-state index in [1.54, 1.807) is 0 Å². The number of nitrogens with zero attached hydrogens (tertiary/aromatic N) is 2. The van der Waals surface area contributed by atoms with Crippen molar-refractivity contribution in [2.24, 2.45) is 0 Å². The Morgan fingerprint density at radius 2 is 1.76 bits per heavy atom. The maximum absolute atomic E-state index is 11.9. The van der Waals surface area contributed by atoms with E-state index in [2.05, 4.69) is 15.9 Å². The minimum absolute atomic E-state index is 0.0988. The van der Waals surface area contributed by atoms with E-state index in [1.807, 2.05) is 30.3 Å². The van der Waals surface area contributed by atoms with Gasteiger partial charge in [0.25, 0.3) is 0 Å². The average Bonchev–Trinajstić information content (AvgIpc) is 2.53. The summed E-state index contributed by atoms with van der Waals surface area (Å²) in [6.07, 6.45) is -0.408. The van der Waals surface area contributed by atoms with Crippen LogP contribution in [0.15, 0.2) is 30.3 Å². The van der Waals surface area contributed by atoms with Crippen molar-refractivity contribution in [1.82, 2.24) is 9.21 Å². The molecule has 1 aliphatic heterocycles. The maximum atomic E-state index is 11.9. The molecule has 0 radical (unpaired) electrons. The van der Waals surface area contributed by atoms with Crippen molar-refractivity contribution in [2.45, 2.75) is 6.61 Å². The summed E-state index contributed by atoms with van der Waals surface area (Å²) >= 11 is 2.97. The quantitative estimate of drug-likeness (QED) is 0.748. The molecule has 1 aliphatic rings. The average molecular weight is 377 g/mol. The Morgan fingerprint density at radius 1 is 1.14 bits per heavy atom. The highest BCUT2D eigenvalue weighted by Gasteiger charge is 2.28. The van der Waals surface area contributed by atoms with E-state index in [0.717, 1.165) is 5.56 Å². The minimum atomic E-state index is -3.25. The third kappa shape index (κ3) is 4.42. The van der Waals surface area contributed by atoms with Gasteiger partial charge < -0.3 is 9.64 Å². The van der Waals surface area contributed by atoms with Gasteiger partial charge in [-0.15, -0.1) is 0 Å². The molecule has 1 aromatic carbocycles. The molecule has 0 aliphatic carbocycles. The van der Waals surface area contributed by atoms with E-state index >= 15 is 0 Å². The van der Waals surface area contributed by atoms with Gasteiger partial charge in [-0.2, -0.15) is 4.31 Å². The first kappa shape index (κ1) is 16.3. The fraction of sp³-hybridized carbons (Fsp3) is 0.462. The molecule has 0 aromatic heterocycles. The normalized spacial score (nSPS) is 16.7. The molecule has 1 aromatic rings. The van der Waals surface area contributed by atoms with Crippen molar-refractivity contribution in [3.63, 3.8) is 0 Å². The largest absolute Gasteiger partial charge is 0.445 e. The highest BCUT2D eigenvalue weighted by Crippen LogP contribution is 2.11. The van der Waals surface area contributed by atoms with Crippen LogP contribution in [0.2, 0.25) is 0 Å². The van der Waals surface area contributed by atoms with Gasteiger partial charge in [0.1, 0.15) is 11.3 Å². The fourth-order valence-corrected chi connectivity index (χ4v) is 3.75. The Morgan fingerprint density at radius 3 is 2.33 bits per heavy atom. The molecule has 1 heterocycles. The van der Waals surface area contributed by atoms with E-state index < -0.39 is 16.1 Å². The lowest BCUT2D eigenvalue weighted by molar-refractivity contribution is 0.0839. The highest BCUT2D eigenvalue weighted by atomic mass is 79.9. The van der Waals surface area contributed by atoms with Gasteiger partial charge in [0.15, 0.2) is 0 Å². The Balaban J connectivity index is 1.81. The molecule has 0 spiro atoms. The predicted octanol–water partition coefficient (Wildman–Crippen LogP) is 1.62. The van der Waals surface area contributed by atoms with Crippen molar-refractivity contribution in [2.75, 3.05) is 30.8 Å². The molecule has 0 bridgehead atoms. The van der Waals surface area contributed by atoms with Crippen LogP contribution in [-0.2, 0) is 21.4 Å². The first-order chi connectivity index (χ1) is 10.0. The summed E-state index contributed by atoms with van der Waals surface area (Å²) in [5, 5.41) is 0. The van der Waals surface area contributed by atoms with Crippen LogP contribution in [0.1, 0.15) is 5.56 Å². The third-order valence-corrected chi connectivity index (χ3v) is 6.40. The zero-order valence-corrected chi connectivity index (χ0v) is 13.8. The number of ether oxygens (including phenoxy) is 1. The topological polar surface area (TPSA) is 66.9 Å². The standard InChI is InChI=1S/C13H17BrN2O4S/c14-11-21(18,19)16-8-6-15(7-9-16)13(17)20-10-12-4-2-1-3-5-12/h1-5H,6-11H2. The Kier molecular flexibility index (Phi) is 5.60. The maximum Gasteiger partial charge on any atom is 0.410 e. The SMILES string of the molecule is O=C(OCc1ccccc1)N1CCN(S(=O)(=O)CBr)CC1. The number of alkyl halides is 1. The van der Waals surface area contributed by atoms with Crippen LogP contribution in [0, 0.1) is 0 Å². The van der Waals surface area contributed by atoms with Crippen LogP contribution < -0.4 is 0 Å². The molecule has 0 unspecified atom stereocenters. The molecular weight excluding hydrogens is 360 g/mol. The lowest BCUT2D eigenvalue weighted by Crippen LogP contribution is -2.50. The Hall–Kier alpha value is -1.12. The van der Waals surface area contributed by atoms with Crippen molar-refractivity contribution in [3.05, 3.63) is 35.9 Å². The van der Waals surface area contributed by atoms with E-state index in [-0.39, 0.29) is 11.3 Å². The van der Waals surface area contributed by atoms with E-state index in [4.69, 9.17) is 4.74 Å². The summed E-state index contributed by atoms with van der Waals surface area (Å²) in [7, 11) is -3.25. The van der Waals surface area contributed by atoms with Crippen molar-refractivity contribution >= 4 is 32.0 Å². The molecule has 1 amide bonds. The highest BCUT2D eigenvalue weighted by molar-refractivity contribution is 9.10. The van der Waals surface area contributed by atoms with Gasteiger partial charge in [0.2, 0.25) is 10.0 Å². The molecule has 0 N–H and O–H groups in total. The second-order valence-corrected chi connectivity index (χ2v) is 7.92. The van der Waals surface area contributed by atoms with Crippen LogP contribution in [0.4, 0.5) is 4.79 Å². The number of carbonyl (C=O) groups is 1. The monoisotopic (exact) mass is 376 g/mol. The number of piperazine rings is 1. The first-order valence-corrected chi connectivity index (χ1v) is 9.25. The zero-order valence-electron chi connectivity index (χ0n) is 11.4. The predicted molar refractivity (Wildman–Crippen MR) is 82.5 cm³/mol. The Bertz CT molecular complexity index is 571. The molecular formula is C13H17BrN2O4S. The summed E-state index contributed by atoms with van der Waals surface area (Å²) in [6.45, 7) is 1.52. The number of benzene rings is 1. The molecule has 1 saturated heterocycles. The number of amides is 1. The number of carbonyl (C=O) groups excluding carboxylic acids is 1. The number of halogens is 1. The molecule has 0 saturated carbocycles.